The second-order valence-electron chi connectivity index (χ2n) is 7.88. The second kappa shape index (κ2) is 7.90. The molecule has 0 saturated carbocycles. The van der Waals surface area contributed by atoms with E-state index in [1.807, 2.05) is 12.4 Å². The lowest BCUT2D eigenvalue weighted by Gasteiger charge is -2.17. The highest BCUT2D eigenvalue weighted by Gasteiger charge is 2.21. The van der Waals surface area contributed by atoms with Crippen molar-refractivity contribution in [3.8, 4) is 10.4 Å². The van der Waals surface area contributed by atoms with Gasteiger partial charge in [0.1, 0.15) is 11.2 Å². The first-order valence-corrected chi connectivity index (χ1v) is 13.7. The largest absolute Gasteiger partial charge is 0.398 e. The van der Waals surface area contributed by atoms with Crippen LogP contribution in [0.1, 0.15) is 27.4 Å². The summed E-state index contributed by atoms with van der Waals surface area (Å²) in [6.07, 6.45) is 6.75. The molecule has 0 bridgehead atoms. The van der Waals surface area contributed by atoms with Crippen LogP contribution >= 0.6 is 32.1 Å². The number of rotatable bonds is 3. The Kier molecular flexibility index (Phi) is 4.87. The quantitative estimate of drug-likeness (QED) is 0.338. The lowest BCUT2D eigenvalue weighted by atomic mass is 9.93. The van der Waals surface area contributed by atoms with E-state index in [0.29, 0.717) is 0 Å². The number of aryl methyl sites for hydroxylation is 1. The third-order valence-corrected chi connectivity index (χ3v) is 8.81. The van der Waals surface area contributed by atoms with E-state index in [1.54, 1.807) is 11.3 Å². The number of fused-ring (bicyclic) bond motifs is 2. The van der Waals surface area contributed by atoms with E-state index in [-0.39, 0.29) is 20.7 Å². The average molecular weight is 549 g/mol. The first kappa shape index (κ1) is 19.8. The van der Waals surface area contributed by atoms with E-state index in [0.717, 1.165) is 52.4 Å². The van der Waals surface area contributed by atoms with E-state index in [4.69, 9.17) is 15.7 Å². The number of hydrogen-bond acceptors (Lipinski definition) is 5. The van der Waals surface area contributed by atoms with Crippen LogP contribution in [-0.2, 0) is 6.42 Å². The molecule has 158 valence electrons. The molecule has 2 aliphatic heterocycles. The Morgan fingerprint density at radius 3 is 2.91 bits per heavy atom. The predicted molar refractivity (Wildman–Crippen MR) is 143 cm³/mol. The van der Waals surface area contributed by atoms with E-state index in [2.05, 4.69) is 61.4 Å². The van der Waals surface area contributed by atoms with Gasteiger partial charge >= 0.3 is 0 Å². The molecule has 0 radical (unpaired) electrons. The van der Waals surface area contributed by atoms with Gasteiger partial charge in [0.15, 0.2) is 5.82 Å². The summed E-state index contributed by atoms with van der Waals surface area (Å²) in [5.41, 5.74) is 15.6. The highest BCUT2D eigenvalue weighted by Crippen LogP contribution is 2.33. The van der Waals surface area contributed by atoms with Gasteiger partial charge in [0, 0.05) is 39.3 Å². The fourth-order valence-corrected chi connectivity index (χ4v) is 6.72. The lowest BCUT2D eigenvalue weighted by Crippen LogP contribution is -2.16. The third kappa shape index (κ3) is 3.45. The number of hydrogen-bond donors (Lipinski definition) is 2. The molecule has 2 aliphatic rings. The Morgan fingerprint density at radius 2 is 2.06 bits per heavy atom. The smallest absolute Gasteiger partial charge is 0.157 e. The Bertz CT molecular complexity index is 1500. The molecule has 0 atom stereocenters. The van der Waals surface area contributed by atoms with Gasteiger partial charge in [-0.1, -0.05) is 32.9 Å². The third-order valence-electron chi connectivity index (χ3n) is 5.67. The van der Waals surface area contributed by atoms with E-state index < -0.39 is 0 Å². The number of aromatic amines is 1. The van der Waals surface area contributed by atoms with Crippen molar-refractivity contribution in [3.63, 3.8) is 0 Å². The van der Waals surface area contributed by atoms with Gasteiger partial charge in [0.05, 0.1) is 11.7 Å². The van der Waals surface area contributed by atoms with E-state index in [9.17, 15) is 0 Å². The Balaban J connectivity index is 1.46. The number of nitrogens with one attached hydrogen (secondary N) is 1. The Labute approximate surface area is 199 Å². The van der Waals surface area contributed by atoms with Crippen molar-refractivity contribution in [2.75, 3.05) is 6.54 Å². The van der Waals surface area contributed by atoms with Crippen molar-refractivity contribution in [1.29, 1.82) is 0 Å². The molecule has 4 aromatic rings. The van der Waals surface area contributed by atoms with Crippen molar-refractivity contribution in [3.05, 3.63) is 86.0 Å². The maximum Gasteiger partial charge on any atom is 0.157 e. The number of nitrogens with zero attached hydrogens (tertiary/aromatic N) is 3. The zero-order valence-electron chi connectivity index (χ0n) is 17.4. The minimum atomic E-state index is -0.133. The number of H-pyrrole nitrogens is 1. The van der Waals surface area contributed by atoms with Crippen LogP contribution < -0.4 is 5.73 Å². The molecule has 0 aliphatic carbocycles. The summed E-state index contributed by atoms with van der Waals surface area (Å²) in [5, 5.41) is 0. The molecule has 0 fully saturated rings. The summed E-state index contributed by atoms with van der Waals surface area (Å²) < 4.78 is 4.46. The van der Waals surface area contributed by atoms with Crippen LogP contribution in [0.4, 0.5) is 0 Å². The topological polar surface area (TPSA) is 80.0 Å². The SMILES string of the molecule is Cc1ccc(-c2cncc3[nH]c(C4=NCCc5ccc(C6=CI=CC(N)=C6)cc54)nc23)s1. The highest BCUT2D eigenvalue weighted by molar-refractivity contribution is 14.2. The normalized spacial score (nSPS) is 15.6. The van der Waals surface area contributed by atoms with Crippen LogP contribution in [0.15, 0.2) is 63.6 Å². The molecule has 0 amide bonds. The van der Waals surface area contributed by atoms with Crippen LogP contribution in [0.3, 0.4) is 0 Å². The molecular formula is C25H20IN5S. The molecule has 3 N–H and O–H groups in total. The maximum atomic E-state index is 6.07. The first-order chi connectivity index (χ1) is 15.7. The van der Waals surface area contributed by atoms with Crippen molar-refractivity contribution < 1.29 is 0 Å². The minimum Gasteiger partial charge on any atom is -0.398 e. The Hall–Kier alpha value is -2.91. The monoisotopic (exact) mass is 549 g/mol. The van der Waals surface area contributed by atoms with Crippen molar-refractivity contribution in [2.24, 2.45) is 10.7 Å². The number of pyridine rings is 1. The molecule has 7 heteroatoms. The summed E-state index contributed by atoms with van der Waals surface area (Å²) in [4.78, 5) is 20.3. The van der Waals surface area contributed by atoms with Gasteiger partial charge in [-0.2, -0.15) is 0 Å². The number of nitrogens with two attached hydrogens (primary N) is 1. The number of benzene rings is 1. The average Bonchev–Trinajstić information content (AvgIpc) is 3.44. The maximum absolute atomic E-state index is 6.07. The van der Waals surface area contributed by atoms with Crippen LogP contribution in [0.25, 0.3) is 27.0 Å². The van der Waals surface area contributed by atoms with Crippen LogP contribution in [0.2, 0.25) is 0 Å². The predicted octanol–water partition coefficient (Wildman–Crippen LogP) is 5.36. The molecule has 3 aromatic heterocycles. The minimum absolute atomic E-state index is 0.133. The highest BCUT2D eigenvalue weighted by atomic mass is 127. The van der Waals surface area contributed by atoms with Crippen LogP contribution in [-0.4, -0.2) is 31.2 Å². The molecular weight excluding hydrogens is 529 g/mol. The molecule has 0 unspecified atom stereocenters. The summed E-state index contributed by atoms with van der Waals surface area (Å²) in [6, 6.07) is 10.9. The van der Waals surface area contributed by atoms with Gasteiger partial charge in [-0.25, -0.2) is 4.98 Å². The number of aromatic nitrogens is 3. The second-order valence-corrected chi connectivity index (χ2v) is 11.1. The number of halogens is 1. The number of imidazole rings is 1. The van der Waals surface area contributed by atoms with Gasteiger partial charge in [0.2, 0.25) is 0 Å². The van der Waals surface area contributed by atoms with Crippen LogP contribution in [0.5, 0.6) is 0 Å². The standard InChI is InChI=1S/C25H20IN5S/c1-14-2-5-22(32-14)20-12-28-13-21-23(20)31-25(30-21)24-19-9-16(4-3-15(19)6-7-29-24)17-8-18(27)11-26-10-17/h2-5,8-13H,6-7,27H2,1H3,(H,30,31). The lowest BCUT2D eigenvalue weighted by molar-refractivity contribution is 0.939. The summed E-state index contributed by atoms with van der Waals surface area (Å²) >= 11 is 1.63. The van der Waals surface area contributed by atoms with Crippen molar-refractivity contribution in [2.45, 2.75) is 13.3 Å². The van der Waals surface area contributed by atoms with Gasteiger partial charge in [-0.3, -0.25) is 9.98 Å². The van der Waals surface area contributed by atoms with Crippen LogP contribution in [0, 0.1) is 6.92 Å². The number of thiophene rings is 1. The molecule has 32 heavy (non-hydrogen) atoms. The molecule has 1 aromatic carbocycles. The zero-order valence-corrected chi connectivity index (χ0v) is 20.4. The number of allylic oxidation sites excluding steroid dienone is 3. The van der Waals surface area contributed by atoms with E-state index in [1.165, 1.54) is 26.5 Å². The molecule has 5 nitrogen and oxygen atoms in total. The van der Waals surface area contributed by atoms with Crippen molar-refractivity contribution >= 4 is 58.4 Å². The van der Waals surface area contributed by atoms with Gasteiger partial charge in [-0.05, 0) is 62.4 Å². The molecule has 0 spiro atoms. The summed E-state index contributed by atoms with van der Waals surface area (Å²) in [7, 11) is 0. The number of aliphatic imine (C=N–C) groups is 1. The molecule has 5 heterocycles. The fourth-order valence-electron chi connectivity index (χ4n) is 4.14. The molecule has 6 rings (SSSR count). The van der Waals surface area contributed by atoms with Gasteiger partial charge < -0.3 is 10.7 Å². The van der Waals surface area contributed by atoms with Gasteiger partial charge in [0.25, 0.3) is 0 Å². The molecule has 0 saturated heterocycles. The summed E-state index contributed by atoms with van der Waals surface area (Å²) in [6.45, 7) is 2.89. The van der Waals surface area contributed by atoms with Crippen molar-refractivity contribution in [1.82, 2.24) is 15.0 Å². The Morgan fingerprint density at radius 1 is 1.12 bits per heavy atom. The summed E-state index contributed by atoms with van der Waals surface area (Å²) in [5.74, 6) is 0.800. The zero-order chi connectivity index (χ0) is 21.7. The first-order valence-electron chi connectivity index (χ1n) is 10.4. The fraction of sp³-hybridized carbons (Fsp3) is 0.120. The van der Waals surface area contributed by atoms with E-state index >= 15 is 0 Å². The van der Waals surface area contributed by atoms with Gasteiger partial charge in [-0.15, -0.1) is 11.3 Å².